The standard InChI is InChI=1S/C29H33FN2O2/c1-21-25(20-31-26-12-11-23(6-4-18-33)28(30)19-26)10-9-24-5-3-16-32(29(21)24)17-15-22-7-13-27(34-2)14-8-22/h7-14,18-19,31H,3-6,15-17,20H2,1-2H3. The van der Waals surface area contributed by atoms with E-state index in [2.05, 4.69) is 41.4 Å². The maximum Gasteiger partial charge on any atom is 0.128 e. The van der Waals surface area contributed by atoms with Gasteiger partial charge in [0, 0.05) is 37.4 Å². The SMILES string of the molecule is COc1ccc(CCN2CCCc3ccc(CNc4ccc(CCC=O)c(F)c4)c(C)c32)cc1. The topological polar surface area (TPSA) is 41.6 Å². The largest absolute Gasteiger partial charge is 0.497 e. The Morgan fingerprint density at radius 1 is 1.06 bits per heavy atom. The number of anilines is 2. The minimum atomic E-state index is -0.265. The van der Waals surface area contributed by atoms with Gasteiger partial charge in [0.25, 0.3) is 0 Å². The van der Waals surface area contributed by atoms with Crippen molar-refractivity contribution in [2.75, 3.05) is 30.4 Å². The van der Waals surface area contributed by atoms with E-state index in [-0.39, 0.29) is 5.82 Å². The first kappa shape index (κ1) is 23.8. The van der Waals surface area contributed by atoms with Crippen molar-refractivity contribution in [2.24, 2.45) is 0 Å². The van der Waals surface area contributed by atoms with Crippen molar-refractivity contribution in [3.8, 4) is 5.75 Å². The number of nitrogens with one attached hydrogen (secondary N) is 1. The molecule has 178 valence electrons. The summed E-state index contributed by atoms with van der Waals surface area (Å²) >= 11 is 0. The van der Waals surface area contributed by atoms with Gasteiger partial charge >= 0.3 is 0 Å². The number of hydrogen-bond donors (Lipinski definition) is 1. The van der Waals surface area contributed by atoms with Gasteiger partial charge in [-0.15, -0.1) is 0 Å². The second kappa shape index (κ2) is 11.2. The molecule has 1 aliphatic rings. The number of ether oxygens (including phenoxy) is 1. The first-order valence-electron chi connectivity index (χ1n) is 12.0. The fourth-order valence-electron chi connectivity index (χ4n) is 4.76. The van der Waals surface area contributed by atoms with Crippen molar-refractivity contribution < 1.29 is 13.9 Å². The average molecular weight is 461 g/mol. The molecule has 0 saturated carbocycles. The van der Waals surface area contributed by atoms with E-state index in [1.54, 1.807) is 13.2 Å². The maximum absolute atomic E-state index is 14.4. The van der Waals surface area contributed by atoms with E-state index >= 15 is 0 Å². The third kappa shape index (κ3) is 5.58. The molecule has 1 N–H and O–H groups in total. The molecule has 3 aromatic carbocycles. The van der Waals surface area contributed by atoms with Crippen LogP contribution in [0.5, 0.6) is 5.75 Å². The molecular weight excluding hydrogens is 427 g/mol. The molecule has 0 unspecified atom stereocenters. The molecule has 4 nitrogen and oxygen atoms in total. The minimum absolute atomic E-state index is 0.265. The normalized spacial score (nSPS) is 12.9. The summed E-state index contributed by atoms with van der Waals surface area (Å²) in [5.74, 6) is 0.620. The Kier molecular flexibility index (Phi) is 7.84. The number of carbonyl (C=O) groups is 1. The molecule has 0 atom stereocenters. The average Bonchev–Trinajstić information content (AvgIpc) is 2.86. The highest BCUT2D eigenvalue weighted by Crippen LogP contribution is 2.33. The van der Waals surface area contributed by atoms with Gasteiger partial charge in [-0.2, -0.15) is 0 Å². The van der Waals surface area contributed by atoms with Crippen LogP contribution in [0.2, 0.25) is 0 Å². The summed E-state index contributed by atoms with van der Waals surface area (Å²) in [4.78, 5) is 13.1. The number of aldehydes is 1. The van der Waals surface area contributed by atoms with Crippen molar-refractivity contribution in [1.82, 2.24) is 0 Å². The van der Waals surface area contributed by atoms with Gasteiger partial charge < -0.3 is 19.7 Å². The van der Waals surface area contributed by atoms with Crippen molar-refractivity contribution in [3.05, 3.63) is 88.2 Å². The quantitative estimate of drug-likeness (QED) is 0.384. The number of methoxy groups -OCH3 is 1. The Labute approximate surface area is 201 Å². The van der Waals surface area contributed by atoms with Crippen LogP contribution in [0.3, 0.4) is 0 Å². The van der Waals surface area contributed by atoms with Crippen molar-refractivity contribution in [1.29, 1.82) is 0 Å². The Hall–Kier alpha value is -3.34. The lowest BCUT2D eigenvalue weighted by molar-refractivity contribution is -0.107. The summed E-state index contributed by atoms with van der Waals surface area (Å²) in [6, 6.07) is 17.9. The Morgan fingerprint density at radius 3 is 2.59 bits per heavy atom. The molecule has 0 saturated heterocycles. The molecule has 0 radical (unpaired) electrons. The van der Waals surface area contributed by atoms with Gasteiger partial charge in [0.15, 0.2) is 0 Å². The lowest BCUT2D eigenvalue weighted by Crippen LogP contribution is -2.32. The summed E-state index contributed by atoms with van der Waals surface area (Å²) in [5, 5.41) is 3.38. The van der Waals surface area contributed by atoms with E-state index in [1.165, 1.54) is 40.4 Å². The number of carbonyl (C=O) groups excluding carboxylic acids is 1. The molecule has 4 rings (SSSR count). The number of fused-ring (bicyclic) bond motifs is 1. The van der Waals surface area contributed by atoms with E-state index in [4.69, 9.17) is 4.74 Å². The van der Waals surface area contributed by atoms with Crippen LogP contribution in [0.15, 0.2) is 54.6 Å². The van der Waals surface area contributed by atoms with E-state index < -0.39 is 0 Å². The number of benzene rings is 3. The van der Waals surface area contributed by atoms with Crippen molar-refractivity contribution in [3.63, 3.8) is 0 Å². The van der Waals surface area contributed by atoms with Crippen LogP contribution in [0.25, 0.3) is 0 Å². The molecule has 34 heavy (non-hydrogen) atoms. The van der Waals surface area contributed by atoms with E-state index in [0.29, 0.717) is 24.9 Å². The highest BCUT2D eigenvalue weighted by molar-refractivity contribution is 5.64. The zero-order valence-corrected chi connectivity index (χ0v) is 20.1. The number of halogens is 1. The first-order valence-corrected chi connectivity index (χ1v) is 12.0. The summed E-state index contributed by atoms with van der Waals surface area (Å²) in [7, 11) is 1.69. The number of aryl methyl sites for hydroxylation is 2. The van der Waals surface area contributed by atoms with Crippen LogP contribution in [-0.4, -0.2) is 26.5 Å². The fraction of sp³-hybridized carbons (Fsp3) is 0.345. The zero-order chi connectivity index (χ0) is 23.9. The van der Waals surface area contributed by atoms with E-state index in [9.17, 15) is 9.18 Å². The Morgan fingerprint density at radius 2 is 1.85 bits per heavy atom. The molecule has 0 aromatic heterocycles. The predicted molar refractivity (Wildman–Crippen MR) is 137 cm³/mol. The van der Waals surface area contributed by atoms with Gasteiger partial charge in [-0.25, -0.2) is 4.39 Å². The van der Waals surface area contributed by atoms with E-state index in [0.717, 1.165) is 43.7 Å². The molecule has 0 aliphatic carbocycles. The molecule has 0 bridgehead atoms. The molecule has 3 aromatic rings. The van der Waals surface area contributed by atoms with Crippen LogP contribution in [0.4, 0.5) is 15.8 Å². The molecule has 1 heterocycles. The second-order valence-corrected chi connectivity index (χ2v) is 8.91. The maximum atomic E-state index is 14.4. The van der Waals surface area contributed by atoms with Crippen LogP contribution < -0.4 is 15.0 Å². The van der Waals surface area contributed by atoms with Gasteiger partial charge in [-0.1, -0.05) is 30.3 Å². The molecule has 0 amide bonds. The third-order valence-corrected chi connectivity index (χ3v) is 6.71. The lowest BCUT2D eigenvalue weighted by Gasteiger charge is -2.34. The number of hydrogen-bond acceptors (Lipinski definition) is 4. The second-order valence-electron chi connectivity index (χ2n) is 8.91. The van der Waals surface area contributed by atoms with Crippen LogP contribution >= 0.6 is 0 Å². The van der Waals surface area contributed by atoms with Gasteiger partial charge in [0.05, 0.1) is 7.11 Å². The molecule has 0 spiro atoms. The Balaban J connectivity index is 1.45. The monoisotopic (exact) mass is 460 g/mol. The fourth-order valence-corrected chi connectivity index (χ4v) is 4.76. The number of rotatable bonds is 10. The predicted octanol–water partition coefficient (Wildman–Crippen LogP) is 5.88. The van der Waals surface area contributed by atoms with Gasteiger partial charge in [-0.3, -0.25) is 0 Å². The zero-order valence-electron chi connectivity index (χ0n) is 20.1. The van der Waals surface area contributed by atoms with Gasteiger partial charge in [-0.05, 0) is 84.7 Å². The Bertz CT molecular complexity index is 1130. The summed E-state index contributed by atoms with van der Waals surface area (Å²) in [6.45, 7) is 4.88. The summed E-state index contributed by atoms with van der Waals surface area (Å²) in [6.07, 6.45) is 4.86. The molecule has 1 aliphatic heterocycles. The van der Waals surface area contributed by atoms with Crippen LogP contribution in [0, 0.1) is 12.7 Å². The molecule has 0 fully saturated rings. The first-order chi connectivity index (χ1) is 16.6. The van der Waals surface area contributed by atoms with Crippen LogP contribution in [-0.2, 0) is 30.6 Å². The van der Waals surface area contributed by atoms with Crippen LogP contribution in [0.1, 0.15) is 40.7 Å². The highest BCUT2D eigenvalue weighted by atomic mass is 19.1. The molecular formula is C29H33FN2O2. The van der Waals surface area contributed by atoms with Gasteiger partial charge in [0.1, 0.15) is 17.9 Å². The van der Waals surface area contributed by atoms with E-state index in [1.807, 2.05) is 18.2 Å². The van der Waals surface area contributed by atoms with Gasteiger partial charge in [0.2, 0.25) is 0 Å². The smallest absolute Gasteiger partial charge is 0.128 e. The van der Waals surface area contributed by atoms with Crippen molar-refractivity contribution in [2.45, 2.75) is 45.6 Å². The highest BCUT2D eigenvalue weighted by Gasteiger charge is 2.20. The lowest BCUT2D eigenvalue weighted by atomic mass is 9.94. The molecule has 5 heteroatoms. The minimum Gasteiger partial charge on any atom is -0.497 e. The summed E-state index contributed by atoms with van der Waals surface area (Å²) in [5.41, 5.74) is 7.92. The third-order valence-electron chi connectivity index (χ3n) is 6.71. The number of nitrogens with zero attached hydrogens (tertiary/aromatic N) is 1. The summed E-state index contributed by atoms with van der Waals surface area (Å²) < 4.78 is 19.6. The van der Waals surface area contributed by atoms with Crippen molar-refractivity contribution >= 4 is 17.7 Å².